The van der Waals surface area contributed by atoms with Crippen LogP contribution < -0.4 is 0 Å². The highest BCUT2D eigenvalue weighted by atomic mass is 32.2. The third-order valence-electron chi connectivity index (χ3n) is 1.09. The van der Waals surface area contributed by atoms with Crippen LogP contribution in [0.5, 0.6) is 0 Å². The highest BCUT2D eigenvalue weighted by molar-refractivity contribution is 7.86. The molecule has 0 saturated heterocycles. The summed E-state index contributed by atoms with van der Waals surface area (Å²) in [4.78, 5) is 0. The van der Waals surface area contributed by atoms with Crippen LogP contribution in [0, 0.1) is 0 Å². The third kappa shape index (κ3) is 8.16. The van der Waals surface area contributed by atoms with Crippen LogP contribution in [-0.2, 0) is 28.6 Å². The van der Waals surface area contributed by atoms with Gasteiger partial charge in [-0.05, 0) is 6.42 Å². The van der Waals surface area contributed by atoms with Crippen molar-refractivity contribution in [2.45, 2.75) is 6.42 Å². The topological polar surface area (TPSA) is 86.7 Å². The van der Waals surface area contributed by atoms with Crippen molar-refractivity contribution in [3.8, 4) is 0 Å². The molecule has 0 amide bonds. The zero-order valence-electron chi connectivity index (χ0n) is 7.39. The van der Waals surface area contributed by atoms with Gasteiger partial charge in [0.1, 0.15) is 0 Å². The van der Waals surface area contributed by atoms with Gasteiger partial charge in [-0.1, -0.05) is 0 Å². The van der Waals surface area contributed by atoms with Crippen LogP contribution in [0.3, 0.4) is 0 Å². The van der Waals surface area contributed by atoms with Gasteiger partial charge in [-0.2, -0.15) is 16.8 Å². The minimum atomic E-state index is -3.51. The summed E-state index contributed by atoms with van der Waals surface area (Å²) in [6, 6.07) is 0. The maximum Gasteiger partial charge on any atom is 0.267 e. The van der Waals surface area contributed by atoms with E-state index in [0.29, 0.717) is 0 Å². The Morgan fingerprint density at radius 2 is 1.69 bits per heavy atom. The first kappa shape index (κ1) is 12.8. The normalized spacial score (nSPS) is 13.1. The average Bonchev–Trinajstić information content (AvgIpc) is 1.97. The Morgan fingerprint density at radius 1 is 1.15 bits per heavy atom. The molecule has 0 aromatic carbocycles. The van der Waals surface area contributed by atoms with Gasteiger partial charge >= 0.3 is 0 Å². The van der Waals surface area contributed by atoms with Crippen molar-refractivity contribution in [2.24, 2.45) is 0 Å². The first-order chi connectivity index (χ1) is 5.77. The van der Waals surface area contributed by atoms with Crippen molar-refractivity contribution in [1.82, 2.24) is 0 Å². The molecule has 0 saturated carbocycles. The molecule has 13 heavy (non-hydrogen) atoms. The Bertz CT molecular complexity index is 326. The summed E-state index contributed by atoms with van der Waals surface area (Å²) in [5, 5.41) is 0. The largest absolute Gasteiger partial charge is 0.273 e. The van der Waals surface area contributed by atoms with Crippen LogP contribution in [-0.4, -0.2) is 42.6 Å². The van der Waals surface area contributed by atoms with E-state index in [1.165, 1.54) is 0 Å². The zero-order valence-corrected chi connectivity index (χ0v) is 9.02. The van der Waals surface area contributed by atoms with Gasteiger partial charge in [0.05, 0.1) is 25.7 Å². The zero-order chi connectivity index (χ0) is 10.5. The lowest BCUT2D eigenvalue weighted by atomic mass is 10.5. The van der Waals surface area contributed by atoms with E-state index in [-0.39, 0.29) is 18.8 Å². The molecule has 0 radical (unpaired) electrons. The number of hydrogen-bond acceptors (Lipinski definition) is 6. The van der Waals surface area contributed by atoms with Crippen molar-refractivity contribution in [2.75, 3.05) is 25.7 Å². The summed E-state index contributed by atoms with van der Waals surface area (Å²) in [7, 11) is -5.95. The van der Waals surface area contributed by atoms with Gasteiger partial charge in [-0.15, -0.1) is 0 Å². The molecular weight excluding hydrogens is 220 g/mol. The summed E-state index contributed by atoms with van der Waals surface area (Å²) in [6.45, 7) is -0.151. The van der Waals surface area contributed by atoms with Crippen LogP contribution in [0.15, 0.2) is 0 Å². The molecule has 0 aliphatic carbocycles. The van der Waals surface area contributed by atoms with Gasteiger partial charge in [0, 0.05) is 0 Å². The predicted octanol–water partition coefficient (Wildman–Crippen LogP) is -0.671. The molecule has 0 N–H and O–H groups in total. The van der Waals surface area contributed by atoms with Crippen molar-refractivity contribution in [3.63, 3.8) is 0 Å². The second kappa shape index (κ2) is 4.89. The first-order valence-corrected chi connectivity index (χ1v) is 6.79. The SMILES string of the molecule is COS(=O)(=O)CCCOS(C)(=O)=O. The number of hydrogen-bond donors (Lipinski definition) is 0. The third-order valence-corrected chi connectivity index (χ3v) is 2.98. The smallest absolute Gasteiger partial charge is 0.267 e. The van der Waals surface area contributed by atoms with Gasteiger partial charge in [-0.3, -0.25) is 8.37 Å². The average molecular weight is 232 g/mol. The van der Waals surface area contributed by atoms with Gasteiger partial charge < -0.3 is 0 Å². The predicted molar refractivity (Wildman–Crippen MR) is 46.2 cm³/mol. The summed E-state index contributed by atoms with van der Waals surface area (Å²) in [6.07, 6.45) is 0.987. The van der Waals surface area contributed by atoms with E-state index < -0.39 is 20.2 Å². The van der Waals surface area contributed by atoms with E-state index in [2.05, 4.69) is 8.37 Å². The quantitative estimate of drug-likeness (QED) is 0.446. The second-order valence-corrected chi connectivity index (χ2v) is 5.81. The Hall–Kier alpha value is -0.180. The van der Waals surface area contributed by atoms with Gasteiger partial charge in [0.15, 0.2) is 0 Å². The first-order valence-electron chi connectivity index (χ1n) is 3.39. The van der Waals surface area contributed by atoms with E-state index in [1.54, 1.807) is 0 Å². The van der Waals surface area contributed by atoms with E-state index >= 15 is 0 Å². The molecule has 0 aliphatic rings. The molecule has 0 unspecified atom stereocenters. The van der Waals surface area contributed by atoms with Crippen LogP contribution in [0.4, 0.5) is 0 Å². The Kier molecular flexibility index (Phi) is 4.82. The minimum absolute atomic E-state index is 0.0866. The van der Waals surface area contributed by atoms with Crippen LogP contribution in [0.1, 0.15) is 6.42 Å². The van der Waals surface area contributed by atoms with Gasteiger partial charge in [-0.25, -0.2) is 0 Å². The molecule has 0 aromatic heterocycles. The Morgan fingerprint density at radius 3 is 2.08 bits per heavy atom. The molecule has 0 aromatic rings. The monoisotopic (exact) mass is 232 g/mol. The summed E-state index contributed by atoms with van der Waals surface area (Å²) in [5.41, 5.74) is 0. The number of rotatable bonds is 6. The Balaban J connectivity index is 3.71. The van der Waals surface area contributed by atoms with E-state index in [1.807, 2.05) is 0 Å². The molecule has 0 bridgehead atoms. The highest BCUT2D eigenvalue weighted by Crippen LogP contribution is 1.96. The maximum absolute atomic E-state index is 10.7. The lowest BCUT2D eigenvalue weighted by Crippen LogP contribution is -2.12. The minimum Gasteiger partial charge on any atom is -0.273 e. The van der Waals surface area contributed by atoms with Crippen molar-refractivity contribution >= 4 is 20.2 Å². The molecule has 0 spiro atoms. The van der Waals surface area contributed by atoms with Gasteiger partial charge in [0.2, 0.25) is 0 Å². The van der Waals surface area contributed by atoms with E-state index in [9.17, 15) is 16.8 Å². The highest BCUT2D eigenvalue weighted by Gasteiger charge is 2.09. The fraction of sp³-hybridized carbons (Fsp3) is 1.00. The molecular formula is C5H12O6S2. The molecule has 0 aliphatic heterocycles. The standard InChI is InChI=1S/C5H12O6S2/c1-10-13(8,9)5-3-4-11-12(2,6)7/h3-5H2,1-2H3. The van der Waals surface area contributed by atoms with E-state index in [0.717, 1.165) is 13.4 Å². The van der Waals surface area contributed by atoms with Crippen molar-refractivity contribution in [1.29, 1.82) is 0 Å². The summed E-state index contributed by atoms with van der Waals surface area (Å²) in [5.74, 6) is -0.251. The molecule has 0 fully saturated rings. The molecule has 0 rings (SSSR count). The molecule has 0 atom stereocenters. The summed E-state index contributed by atoms with van der Waals surface area (Å²) < 4.78 is 50.7. The lowest BCUT2D eigenvalue weighted by molar-refractivity contribution is 0.318. The van der Waals surface area contributed by atoms with E-state index in [4.69, 9.17) is 0 Å². The second-order valence-electron chi connectivity index (χ2n) is 2.31. The van der Waals surface area contributed by atoms with Gasteiger partial charge in [0.25, 0.3) is 20.2 Å². The van der Waals surface area contributed by atoms with Crippen LogP contribution in [0.25, 0.3) is 0 Å². The molecule has 80 valence electrons. The molecule has 8 heteroatoms. The lowest BCUT2D eigenvalue weighted by Gasteiger charge is -2.01. The summed E-state index contributed by atoms with van der Waals surface area (Å²) >= 11 is 0. The molecule has 6 nitrogen and oxygen atoms in total. The van der Waals surface area contributed by atoms with Crippen molar-refractivity contribution in [3.05, 3.63) is 0 Å². The fourth-order valence-corrected chi connectivity index (χ4v) is 1.59. The van der Waals surface area contributed by atoms with Crippen LogP contribution in [0.2, 0.25) is 0 Å². The molecule has 0 heterocycles. The fourth-order valence-electron chi connectivity index (χ4n) is 0.529. The van der Waals surface area contributed by atoms with Crippen LogP contribution >= 0.6 is 0 Å². The Labute approximate surface area is 78.1 Å². The maximum atomic E-state index is 10.7. The van der Waals surface area contributed by atoms with Crippen molar-refractivity contribution < 1.29 is 25.2 Å².